The van der Waals surface area contributed by atoms with Crippen molar-refractivity contribution in [3.05, 3.63) is 69.7 Å². The first kappa shape index (κ1) is 19.4. The van der Waals surface area contributed by atoms with Crippen molar-refractivity contribution < 1.29 is 19.4 Å². The molecule has 0 radical (unpaired) electrons. The number of phenolic OH excluding ortho intramolecular Hbond substituents is 1. The summed E-state index contributed by atoms with van der Waals surface area (Å²) < 4.78 is 11.1. The minimum atomic E-state index is -0.419. The summed E-state index contributed by atoms with van der Waals surface area (Å²) in [5.74, 6) is 0.742. The van der Waals surface area contributed by atoms with Crippen LogP contribution < -0.4 is 14.9 Å². The Morgan fingerprint density at radius 3 is 2.86 bits per heavy atom. The number of aryl methyl sites for hydroxylation is 1. The number of nitrogens with one attached hydrogen (secondary N) is 1. The van der Waals surface area contributed by atoms with Crippen molar-refractivity contribution in [2.45, 2.75) is 13.5 Å². The molecule has 0 bridgehead atoms. The number of ether oxygens (including phenoxy) is 2. The third-order valence-electron chi connectivity index (χ3n) is 3.72. The maximum Gasteiger partial charge on any atom is 0.271 e. The summed E-state index contributed by atoms with van der Waals surface area (Å²) in [5, 5.41) is 16.3. The minimum Gasteiger partial charge on any atom is -0.508 e. The number of hydrazone groups is 1. The second-order valence-electron chi connectivity index (χ2n) is 5.81. The quantitative estimate of drug-likeness (QED) is 0.470. The Hall–Kier alpha value is -3.39. The summed E-state index contributed by atoms with van der Waals surface area (Å²) in [7, 11) is 1.56. The molecule has 3 rings (SSSR count). The number of carbonyl (C=O) groups excluding carboxylic acids is 1. The Kier molecular flexibility index (Phi) is 6.23. The van der Waals surface area contributed by atoms with Crippen LogP contribution in [0.25, 0.3) is 0 Å². The summed E-state index contributed by atoms with van der Waals surface area (Å²) >= 11 is 1.57. The molecule has 0 atom stereocenters. The van der Waals surface area contributed by atoms with E-state index in [2.05, 4.69) is 15.5 Å². The molecule has 144 valence electrons. The number of aromatic nitrogens is 1. The number of hydrogen-bond acceptors (Lipinski definition) is 7. The van der Waals surface area contributed by atoms with E-state index in [9.17, 15) is 9.90 Å². The summed E-state index contributed by atoms with van der Waals surface area (Å²) in [5.41, 5.74) is 4.32. The second kappa shape index (κ2) is 9.01. The van der Waals surface area contributed by atoms with Crippen molar-refractivity contribution in [2.24, 2.45) is 5.10 Å². The molecule has 28 heavy (non-hydrogen) atoms. The SMILES string of the molecule is COc1cc(/C=N\NC(=O)c2cccc(O)c2)ccc1OCc1csc(C)n1. The average Bonchev–Trinajstić information content (AvgIpc) is 3.12. The first-order valence-electron chi connectivity index (χ1n) is 8.39. The topological polar surface area (TPSA) is 93.0 Å². The van der Waals surface area contributed by atoms with Crippen molar-refractivity contribution in [3.63, 3.8) is 0 Å². The zero-order valence-electron chi connectivity index (χ0n) is 15.4. The van der Waals surface area contributed by atoms with E-state index >= 15 is 0 Å². The molecule has 0 unspecified atom stereocenters. The molecule has 0 aliphatic rings. The summed E-state index contributed by atoms with van der Waals surface area (Å²) in [6, 6.07) is 11.4. The van der Waals surface area contributed by atoms with E-state index in [-0.39, 0.29) is 5.75 Å². The Morgan fingerprint density at radius 1 is 1.29 bits per heavy atom. The van der Waals surface area contributed by atoms with Crippen LogP contribution in [0.4, 0.5) is 0 Å². The molecule has 1 amide bonds. The lowest BCUT2D eigenvalue weighted by Crippen LogP contribution is -2.17. The standard InChI is InChI=1S/C20H19N3O4S/c1-13-22-16(12-28-13)11-27-18-7-6-14(8-19(18)26-2)10-21-23-20(25)15-4-3-5-17(24)9-15/h3-10,12,24H,11H2,1-2H3,(H,23,25)/b21-10-. The molecule has 2 N–H and O–H groups in total. The Bertz CT molecular complexity index is 1000. The van der Waals surface area contributed by atoms with Gasteiger partial charge in [0.1, 0.15) is 12.4 Å². The molecule has 0 saturated carbocycles. The van der Waals surface area contributed by atoms with Gasteiger partial charge in [-0.2, -0.15) is 5.10 Å². The van der Waals surface area contributed by atoms with Crippen LogP contribution in [0.5, 0.6) is 17.2 Å². The fourth-order valence-electron chi connectivity index (χ4n) is 2.39. The van der Waals surface area contributed by atoms with E-state index in [1.54, 1.807) is 48.8 Å². The number of rotatable bonds is 7. The number of hydrogen-bond donors (Lipinski definition) is 2. The van der Waals surface area contributed by atoms with Gasteiger partial charge >= 0.3 is 0 Å². The van der Waals surface area contributed by atoms with E-state index < -0.39 is 5.91 Å². The van der Waals surface area contributed by atoms with Crippen molar-refractivity contribution in [3.8, 4) is 17.2 Å². The highest BCUT2D eigenvalue weighted by atomic mass is 32.1. The molecule has 8 heteroatoms. The molecule has 1 aromatic heterocycles. The molecule has 0 aliphatic heterocycles. The molecule has 0 fully saturated rings. The molecule has 2 aromatic carbocycles. The van der Waals surface area contributed by atoms with Crippen molar-refractivity contribution >= 4 is 23.5 Å². The fourth-order valence-corrected chi connectivity index (χ4v) is 2.98. The molecule has 0 saturated heterocycles. The smallest absolute Gasteiger partial charge is 0.271 e. The highest BCUT2D eigenvalue weighted by Crippen LogP contribution is 2.28. The van der Waals surface area contributed by atoms with Crippen LogP contribution >= 0.6 is 11.3 Å². The number of methoxy groups -OCH3 is 1. The Morgan fingerprint density at radius 2 is 2.14 bits per heavy atom. The fraction of sp³-hybridized carbons (Fsp3) is 0.150. The van der Waals surface area contributed by atoms with Gasteiger partial charge in [0.2, 0.25) is 0 Å². The molecule has 7 nitrogen and oxygen atoms in total. The van der Waals surface area contributed by atoms with Gasteiger partial charge in [-0.3, -0.25) is 4.79 Å². The van der Waals surface area contributed by atoms with Crippen LogP contribution in [0.1, 0.15) is 26.6 Å². The third kappa shape index (κ3) is 5.08. The van der Waals surface area contributed by atoms with Crippen LogP contribution in [0.2, 0.25) is 0 Å². The zero-order chi connectivity index (χ0) is 19.9. The van der Waals surface area contributed by atoms with Crippen LogP contribution in [-0.4, -0.2) is 29.3 Å². The molecular formula is C20H19N3O4S. The maximum absolute atomic E-state index is 12.0. The van der Waals surface area contributed by atoms with E-state index in [1.165, 1.54) is 18.3 Å². The molecular weight excluding hydrogens is 378 g/mol. The monoisotopic (exact) mass is 397 g/mol. The van der Waals surface area contributed by atoms with Crippen LogP contribution in [0.3, 0.4) is 0 Å². The molecule has 1 heterocycles. The number of phenols is 1. The van der Waals surface area contributed by atoms with Crippen molar-refractivity contribution in [1.82, 2.24) is 10.4 Å². The van der Waals surface area contributed by atoms with E-state index in [1.807, 2.05) is 12.3 Å². The first-order valence-corrected chi connectivity index (χ1v) is 9.27. The average molecular weight is 397 g/mol. The van der Waals surface area contributed by atoms with Gasteiger partial charge in [-0.1, -0.05) is 6.07 Å². The van der Waals surface area contributed by atoms with E-state index in [4.69, 9.17) is 9.47 Å². The van der Waals surface area contributed by atoms with Crippen molar-refractivity contribution in [1.29, 1.82) is 0 Å². The predicted octanol–water partition coefficient (Wildman–Crippen LogP) is 3.51. The molecule has 0 aliphatic carbocycles. The van der Waals surface area contributed by atoms with Gasteiger partial charge in [-0.25, -0.2) is 10.4 Å². The maximum atomic E-state index is 12.0. The highest BCUT2D eigenvalue weighted by molar-refractivity contribution is 7.09. The second-order valence-corrected chi connectivity index (χ2v) is 6.87. The Labute approximate surface area is 166 Å². The van der Waals surface area contributed by atoms with Gasteiger partial charge in [0.25, 0.3) is 5.91 Å². The van der Waals surface area contributed by atoms with Crippen molar-refractivity contribution in [2.75, 3.05) is 7.11 Å². The van der Waals surface area contributed by atoms with Gasteiger partial charge in [0.05, 0.1) is 24.0 Å². The van der Waals surface area contributed by atoms with E-state index in [0.717, 1.165) is 16.3 Å². The predicted molar refractivity (Wildman–Crippen MR) is 107 cm³/mol. The van der Waals surface area contributed by atoms with Crippen LogP contribution in [-0.2, 0) is 6.61 Å². The van der Waals surface area contributed by atoms with Gasteiger partial charge in [0, 0.05) is 10.9 Å². The van der Waals surface area contributed by atoms with Crippen LogP contribution in [0.15, 0.2) is 52.9 Å². The number of amides is 1. The van der Waals surface area contributed by atoms with E-state index in [0.29, 0.717) is 23.7 Å². The van der Waals surface area contributed by atoms with Gasteiger partial charge in [-0.05, 0) is 48.9 Å². The molecule has 0 spiro atoms. The summed E-state index contributed by atoms with van der Waals surface area (Å²) in [4.78, 5) is 16.4. The number of benzene rings is 2. The lowest BCUT2D eigenvalue weighted by molar-refractivity contribution is 0.0954. The highest BCUT2D eigenvalue weighted by Gasteiger charge is 2.08. The third-order valence-corrected chi connectivity index (χ3v) is 4.54. The minimum absolute atomic E-state index is 0.0183. The Balaban J connectivity index is 1.62. The van der Waals surface area contributed by atoms with Gasteiger partial charge < -0.3 is 14.6 Å². The number of nitrogens with zero attached hydrogens (tertiary/aromatic N) is 2. The number of thiazole rings is 1. The number of aromatic hydroxyl groups is 1. The van der Waals surface area contributed by atoms with Crippen LogP contribution in [0, 0.1) is 6.92 Å². The number of carbonyl (C=O) groups is 1. The summed E-state index contributed by atoms with van der Waals surface area (Å²) in [6.45, 7) is 2.30. The van der Waals surface area contributed by atoms with Gasteiger partial charge in [-0.15, -0.1) is 11.3 Å². The lowest BCUT2D eigenvalue weighted by atomic mass is 10.2. The normalized spacial score (nSPS) is 10.8. The van der Waals surface area contributed by atoms with Gasteiger partial charge in [0.15, 0.2) is 11.5 Å². The zero-order valence-corrected chi connectivity index (χ0v) is 16.2. The lowest BCUT2D eigenvalue weighted by Gasteiger charge is -2.10. The summed E-state index contributed by atoms with van der Waals surface area (Å²) in [6.07, 6.45) is 1.50. The first-order chi connectivity index (χ1) is 13.5. The largest absolute Gasteiger partial charge is 0.508 e. The molecule has 3 aromatic rings.